The highest BCUT2D eigenvalue weighted by atomic mass is 16.5. The fourth-order valence-corrected chi connectivity index (χ4v) is 1.38. The van der Waals surface area contributed by atoms with Crippen LogP contribution in [0.1, 0.15) is 47.0 Å². The smallest absolute Gasteiger partial charge is 0.106 e. The van der Waals surface area contributed by atoms with Gasteiger partial charge in [-0.25, -0.2) is 0 Å². The van der Waals surface area contributed by atoms with Crippen molar-refractivity contribution in [1.82, 2.24) is 0 Å². The maximum atomic E-state index is 5.84. The van der Waals surface area contributed by atoms with Crippen molar-refractivity contribution >= 4 is 0 Å². The second-order valence-electron chi connectivity index (χ2n) is 3.83. The molecular weight excluding hydrogens is 136 g/mol. The molecule has 0 spiro atoms. The van der Waals surface area contributed by atoms with Crippen molar-refractivity contribution in [2.75, 3.05) is 0 Å². The number of hydrogen-bond donors (Lipinski definition) is 0. The first kappa shape index (κ1) is 8.63. The summed E-state index contributed by atoms with van der Waals surface area (Å²) < 4.78 is 5.84. The summed E-state index contributed by atoms with van der Waals surface area (Å²) in [6.45, 7) is 8.63. The fraction of sp³-hybridized carbons (Fsp3) is 0.800. The third kappa shape index (κ3) is 1.76. The van der Waals surface area contributed by atoms with Crippen LogP contribution in [0.5, 0.6) is 0 Å². The van der Waals surface area contributed by atoms with E-state index in [0.29, 0.717) is 0 Å². The highest BCUT2D eigenvalue weighted by molar-refractivity contribution is 5.09. The Morgan fingerprint density at radius 2 is 2.18 bits per heavy atom. The fourth-order valence-electron chi connectivity index (χ4n) is 1.38. The zero-order chi connectivity index (χ0) is 8.48. The van der Waals surface area contributed by atoms with E-state index in [4.69, 9.17) is 4.74 Å². The summed E-state index contributed by atoms with van der Waals surface area (Å²) in [4.78, 5) is 0. The lowest BCUT2D eigenvalue weighted by atomic mass is 10.00. The molecule has 0 bridgehead atoms. The predicted octanol–water partition coefficient (Wildman–Crippen LogP) is 3.26. The molecule has 0 radical (unpaired) electrons. The van der Waals surface area contributed by atoms with Crippen molar-refractivity contribution < 1.29 is 4.74 Å². The SMILES string of the molecule is CCC1(C)CCC(=C(C)C)O1. The highest BCUT2D eigenvalue weighted by Crippen LogP contribution is 2.36. The molecule has 0 saturated carbocycles. The number of ether oxygens (including phenoxy) is 1. The average molecular weight is 154 g/mol. The molecule has 0 N–H and O–H groups in total. The Balaban J connectivity index is 2.68. The van der Waals surface area contributed by atoms with Gasteiger partial charge >= 0.3 is 0 Å². The Bertz CT molecular complexity index is 177. The van der Waals surface area contributed by atoms with Gasteiger partial charge in [0.2, 0.25) is 0 Å². The van der Waals surface area contributed by atoms with Crippen LogP contribution in [0.2, 0.25) is 0 Å². The topological polar surface area (TPSA) is 9.23 Å². The minimum atomic E-state index is 0.132. The monoisotopic (exact) mass is 154 g/mol. The van der Waals surface area contributed by atoms with E-state index >= 15 is 0 Å². The van der Waals surface area contributed by atoms with Gasteiger partial charge in [-0.05, 0) is 39.2 Å². The van der Waals surface area contributed by atoms with Crippen LogP contribution in [0, 0.1) is 0 Å². The van der Waals surface area contributed by atoms with Crippen LogP contribution < -0.4 is 0 Å². The lowest BCUT2D eigenvalue weighted by Crippen LogP contribution is -2.20. The van der Waals surface area contributed by atoms with Gasteiger partial charge in [-0.15, -0.1) is 0 Å². The van der Waals surface area contributed by atoms with Gasteiger partial charge in [0.05, 0.1) is 5.76 Å². The third-order valence-electron chi connectivity index (χ3n) is 2.56. The van der Waals surface area contributed by atoms with Gasteiger partial charge in [0.1, 0.15) is 5.60 Å². The largest absolute Gasteiger partial charge is 0.492 e. The maximum Gasteiger partial charge on any atom is 0.106 e. The summed E-state index contributed by atoms with van der Waals surface area (Å²) in [6, 6.07) is 0. The molecule has 1 heteroatoms. The minimum absolute atomic E-state index is 0.132. The van der Waals surface area contributed by atoms with Crippen molar-refractivity contribution in [1.29, 1.82) is 0 Å². The Kier molecular flexibility index (Phi) is 2.26. The van der Waals surface area contributed by atoms with Crippen LogP contribution in [-0.4, -0.2) is 5.60 Å². The molecule has 0 aromatic carbocycles. The van der Waals surface area contributed by atoms with Crippen molar-refractivity contribution in [3.8, 4) is 0 Å². The minimum Gasteiger partial charge on any atom is -0.492 e. The van der Waals surface area contributed by atoms with E-state index < -0.39 is 0 Å². The first-order valence-electron chi connectivity index (χ1n) is 4.43. The Hall–Kier alpha value is -0.460. The van der Waals surface area contributed by atoms with E-state index in [9.17, 15) is 0 Å². The molecule has 1 aliphatic heterocycles. The van der Waals surface area contributed by atoms with Gasteiger partial charge in [0.25, 0.3) is 0 Å². The lowest BCUT2D eigenvalue weighted by molar-refractivity contribution is 0.0528. The molecule has 1 aliphatic rings. The molecule has 1 fully saturated rings. The molecular formula is C10H18O. The van der Waals surface area contributed by atoms with Gasteiger partial charge in [0.15, 0.2) is 0 Å². The Morgan fingerprint density at radius 1 is 1.55 bits per heavy atom. The molecule has 1 rings (SSSR count). The van der Waals surface area contributed by atoms with Crippen molar-refractivity contribution in [3.05, 3.63) is 11.3 Å². The maximum absolute atomic E-state index is 5.84. The molecule has 1 atom stereocenters. The van der Waals surface area contributed by atoms with Gasteiger partial charge < -0.3 is 4.74 Å². The highest BCUT2D eigenvalue weighted by Gasteiger charge is 2.31. The first-order chi connectivity index (χ1) is 5.07. The van der Waals surface area contributed by atoms with Crippen LogP contribution in [0.3, 0.4) is 0 Å². The molecule has 0 aromatic rings. The summed E-state index contributed by atoms with van der Waals surface area (Å²) in [5.41, 5.74) is 1.47. The Labute approximate surface area is 69.4 Å². The van der Waals surface area contributed by atoms with Gasteiger partial charge in [0, 0.05) is 6.42 Å². The predicted molar refractivity (Wildman–Crippen MR) is 47.4 cm³/mol. The van der Waals surface area contributed by atoms with E-state index in [1.807, 2.05) is 0 Å². The molecule has 1 heterocycles. The molecule has 64 valence electrons. The summed E-state index contributed by atoms with van der Waals surface area (Å²) in [7, 11) is 0. The lowest BCUT2D eigenvalue weighted by Gasteiger charge is -2.21. The summed E-state index contributed by atoms with van der Waals surface area (Å²) in [5, 5.41) is 0. The molecule has 1 unspecified atom stereocenters. The van der Waals surface area contributed by atoms with Crippen LogP contribution in [0.15, 0.2) is 11.3 Å². The number of rotatable bonds is 1. The van der Waals surface area contributed by atoms with Crippen LogP contribution in [0.4, 0.5) is 0 Å². The van der Waals surface area contributed by atoms with Gasteiger partial charge in [-0.1, -0.05) is 6.92 Å². The van der Waals surface area contributed by atoms with Crippen molar-refractivity contribution in [2.45, 2.75) is 52.6 Å². The normalized spacial score (nSPS) is 30.4. The molecule has 1 saturated heterocycles. The second-order valence-corrected chi connectivity index (χ2v) is 3.83. The molecule has 0 aromatic heterocycles. The summed E-state index contributed by atoms with van der Waals surface area (Å²) in [5.74, 6) is 1.22. The van der Waals surface area contributed by atoms with E-state index in [1.165, 1.54) is 17.8 Å². The zero-order valence-electron chi connectivity index (χ0n) is 8.03. The van der Waals surface area contributed by atoms with Crippen LogP contribution in [-0.2, 0) is 4.74 Å². The molecule has 0 amide bonds. The van der Waals surface area contributed by atoms with Gasteiger partial charge in [-0.2, -0.15) is 0 Å². The molecule has 1 nitrogen and oxygen atoms in total. The van der Waals surface area contributed by atoms with Crippen LogP contribution >= 0.6 is 0 Å². The number of allylic oxidation sites excluding steroid dienone is 2. The third-order valence-corrected chi connectivity index (χ3v) is 2.56. The average Bonchev–Trinajstić information content (AvgIpc) is 2.33. The van der Waals surface area contributed by atoms with Crippen LogP contribution in [0.25, 0.3) is 0 Å². The summed E-state index contributed by atoms with van der Waals surface area (Å²) in [6.07, 6.45) is 3.43. The zero-order valence-corrected chi connectivity index (χ0v) is 8.03. The quantitative estimate of drug-likeness (QED) is 0.563. The first-order valence-corrected chi connectivity index (χ1v) is 4.43. The Morgan fingerprint density at radius 3 is 2.45 bits per heavy atom. The standard InChI is InChI=1S/C10H18O/c1-5-10(4)7-6-9(11-10)8(2)3/h5-7H2,1-4H3. The number of hydrogen-bond acceptors (Lipinski definition) is 1. The second kappa shape index (κ2) is 2.88. The molecule has 0 aliphatic carbocycles. The van der Waals surface area contributed by atoms with E-state index in [0.717, 1.165) is 12.8 Å². The van der Waals surface area contributed by atoms with E-state index in [-0.39, 0.29) is 5.60 Å². The van der Waals surface area contributed by atoms with Crippen molar-refractivity contribution in [2.24, 2.45) is 0 Å². The molecule has 11 heavy (non-hydrogen) atoms. The van der Waals surface area contributed by atoms with E-state index in [1.54, 1.807) is 0 Å². The van der Waals surface area contributed by atoms with Gasteiger partial charge in [-0.3, -0.25) is 0 Å². The van der Waals surface area contributed by atoms with E-state index in [2.05, 4.69) is 27.7 Å². The van der Waals surface area contributed by atoms with Crippen molar-refractivity contribution in [3.63, 3.8) is 0 Å². The summed E-state index contributed by atoms with van der Waals surface area (Å²) >= 11 is 0.